The topological polar surface area (TPSA) is 86.0 Å². The molecular weight excluding hydrogens is 354 g/mol. The zero-order valence-corrected chi connectivity index (χ0v) is 15.0. The van der Waals surface area contributed by atoms with Crippen LogP contribution in [0, 0.1) is 0 Å². The van der Waals surface area contributed by atoms with Gasteiger partial charge in [-0.05, 0) is 17.5 Å². The second-order valence-electron chi connectivity index (χ2n) is 5.25. The lowest BCUT2D eigenvalue weighted by atomic mass is 10.2. The van der Waals surface area contributed by atoms with Gasteiger partial charge in [0.1, 0.15) is 16.3 Å². The summed E-state index contributed by atoms with van der Waals surface area (Å²) in [4.78, 5) is 15.3. The summed E-state index contributed by atoms with van der Waals surface area (Å²) in [6.07, 6.45) is 0. The number of hydrogen-bond acceptors (Lipinski definition) is 8. The minimum Gasteiger partial charge on any atom is -0.496 e. The quantitative estimate of drug-likeness (QED) is 0.553. The van der Waals surface area contributed by atoms with E-state index in [0.717, 1.165) is 26.0 Å². The maximum Gasteiger partial charge on any atom is 0.226 e. The van der Waals surface area contributed by atoms with E-state index in [1.807, 2.05) is 41.8 Å². The van der Waals surface area contributed by atoms with Crippen molar-refractivity contribution >= 4 is 44.8 Å². The van der Waals surface area contributed by atoms with Gasteiger partial charge < -0.3 is 15.8 Å². The largest absolute Gasteiger partial charge is 0.496 e. The molecule has 0 spiro atoms. The fourth-order valence-electron chi connectivity index (χ4n) is 2.45. The average Bonchev–Trinajstić information content (AvgIpc) is 3.29. The molecular formula is C17H15N5OS2. The lowest BCUT2D eigenvalue weighted by Crippen LogP contribution is -2.06. The van der Waals surface area contributed by atoms with Gasteiger partial charge in [-0.2, -0.15) is 4.98 Å². The molecule has 0 aliphatic rings. The number of ether oxygens (including phenoxy) is 1. The van der Waals surface area contributed by atoms with Crippen LogP contribution in [0.2, 0.25) is 0 Å². The van der Waals surface area contributed by atoms with Crippen molar-refractivity contribution in [3.05, 3.63) is 47.3 Å². The predicted molar refractivity (Wildman–Crippen MR) is 103 cm³/mol. The number of fused-ring (bicyclic) bond motifs is 1. The number of para-hydroxylation sites is 1. The van der Waals surface area contributed by atoms with E-state index in [4.69, 9.17) is 10.5 Å². The van der Waals surface area contributed by atoms with Gasteiger partial charge in [-0.1, -0.05) is 35.6 Å². The van der Waals surface area contributed by atoms with Crippen LogP contribution in [0.4, 0.5) is 11.8 Å². The smallest absolute Gasteiger partial charge is 0.226 e. The van der Waals surface area contributed by atoms with Gasteiger partial charge in [0.2, 0.25) is 5.95 Å². The molecule has 0 radical (unpaired) electrons. The van der Waals surface area contributed by atoms with E-state index in [1.54, 1.807) is 18.4 Å². The molecule has 8 heteroatoms. The van der Waals surface area contributed by atoms with Crippen LogP contribution >= 0.6 is 22.7 Å². The lowest BCUT2D eigenvalue weighted by molar-refractivity contribution is 0.410. The molecule has 0 saturated heterocycles. The number of nitrogens with two attached hydrogens (primary N) is 1. The summed E-state index contributed by atoms with van der Waals surface area (Å²) in [6.45, 7) is 0.547. The number of rotatable bonds is 5. The van der Waals surface area contributed by atoms with E-state index in [0.29, 0.717) is 23.8 Å². The number of thiazole rings is 1. The van der Waals surface area contributed by atoms with Gasteiger partial charge in [-0.25, -0.2) is 9.97 Å². The van der Waals surface area contributed by atoms with Crippen LogP contribution in [0.5, 0.6) is 5.75 Å². The van der Waals surface area contributed by atoms with Crippen LogP contribution in [0.15, 0.2) is 41.8 Å². The van der Waals surface area contributed by atoms with E-state index in [9.17, 15) is 0 Å². The Bertz CT molecular complexity index is 1010. The lowest BCUT2D eigenvalue weighted by Gasteiger charge is -2.09. The first-order valence-electron chi connectivity index (χ1n) is 7.58. The maximum absolute atomic E-state index is 6.08. The van der Waals surface area contributed by atoms with Crippen molar-refractivity contribution in [1.29, 1.82) is 0 Å². The van der Waals surface area contributed by atoms with Crippen molar-refractivity contribution in [3.8, 4) is 15.6 Å². The molecule has 0 aliphatic heterocycles. The van der Waals surface area contributed by atoms with Crippen molar-refractivity contribution < 1.29 is 4.74 Å². The summed E-state index contributed by atoms with van der Waals surface area (Å²) in [5, 5.41) is 6.15. The van der Waals surface area contributed by atoms with Crippen molar-refractivity contribution in [2.45, 2.75) is 6.54 Å². The molecule has 0 saturated carbocycles. The van der Waals surface area contributed by atoms with E-state index in [2.05, 4.69) is 20.3 Å². The Kier molecular flexibility index (Phi) is 4.21. The summed E-state index contributed by atoms with van der Waals surface area (Å²) in [5.41, 5.74) is 7.75. The van der Waals surface area contributed by atoms with Gasteiger partial charge in [-0.15, -0.1) is 11.3 Å². The zero-order valence-electron chi connectivity index (χ0n) is 13.4. The van der Waals surface area contributed by atoms with Crippen LogP contribution in [0.3, 0.4) is 0 Å². The van der Waals surface area contributed by atoms with E-state index >= 15 is 0 Å². The summed E-state index contributed by atoms with van der Waals surface area (Å²) in [6, 6.07) is 11.9. The minimum absolute atomic E-state index is 0.381. The highest BCUT2D eigenvalue weighted by atomic mass is 32.1. The molecule has 6 nitrogen and oxygen atoms in total. The normalized spacial score (nSPS) is 10.9. The number of hydrogen-bond donors (Lipinski definition) is 2. The molecule has 0 atom stereocenters. The minimum atomic E-state index is 0.381. The third-order valence-electron chi connectivity index (χ3n) is 3.65. The number of nitrogens with zero attached hydrogens (tertiary/aromatic N) is 3. The molecule has 3 aromatic heterocycles. The average molecular weight is 369 g/mol. The Morgan fingerprint density at radius 1 is 1.12 bits per heavy atom. The second kappa shape index (κ2) is 6.66. The highest BCUT2D eigenvalue weighted by Gasteiger charge is 2.13. The predicted octanol–water partition coefficient (Wildman–Crippen LogP) is 4.02. The molecule has 0 amide bonds. The summed E-state index contributed by atoms with van der Waals surface area (Å²) in [7, 11) is 1.66. The van der Waals surface area contributed by atoms with Gasteiger partial charge in [0.05, 0.1) is 12.0 Å². The Morgan fingerprint density at radius 2 is 2.00 bits per heavy atom. The molecule has 25 heavy (non-hydrogen) atoms. The fraction of sp³-hybridized carbons (Fsp3) is 0.118. The van der Waals surface area contributed by atoms with Crippen molar-refractivity contribution in [2.24, 2.45) is 0 Å². The summed E-state index contributed by atoms with van der Waals surface area (Å²) >= 11 is 3.16. The highest BCUT2D eigenvalue weighted by molar-refractivity contribution is 7.24. The first kappa shape index (κ1) is 15.8. The molecule has 0 fully saturated rings. The Balaban J connectivity index is 1.62. The number of nitrogen functional groups attached to an aromatic ring is 1. The Hall–Kier alpha value is -2.71. The summed E-state index contributed by atoms with van der Waals surface area (Å²) < 4.78 is 5.36. The number of benzene rings is 1. The van der Waals surface area contributed by atoms with Crippen molar-refractivity contribution in [2.75, 3.05) is 18.2 Å². The molecule has 3 heterocycles. The third-order valence-corrected chi connectivity index (χ3v) is 5.64. The van der Waals surface area contributed by atoms with Crippen molar-refractivity contribution in [1.82, 2.24) is 15.0 Å². The number of nitrogens with one attached hydrogen (secondary N) is 1. The van der Waals surface area contributed by atoms with E-state index < -0.39 is 0 Å². The van der Waals surface area contributed by atoms with Crippen molar-refractivity contribution in [3.63, 3.8) is 0 Å². The highest BCUT2D eigenvalue weighted by Crippen LogP contribution is 2.34. The zero-order chi connectivity index (χ0) is 17.2. The molecule has 0 aliphatic carbocycles. The third kappa shape index (κ3) is 3.13. The molecule has 4 aromatic rings. The van der Waals surface area contributed by atoms with E-state index in [-0.39, 0.29) is 0 Å². The number of methoxy groups -OCH3 is 1. The van der Waals surface area contributed by atoms with Gasteiger partial charge >= 0.3 is 0 Å². The van der Waals surface area contributed by atoms with Crippen LogP contribution in [-0.4, -0.2) is 22.1 Å². The standard InChI is InChI=1S/C17H15N5OS2/c1-23-11-6-3-2-5-10(11)9-19-17-21-14(18)13-16(22-17)25-15(20-13)12-7-4-8-24-12/h2-8H,9H2,1H3,(H3,18,19,21,22). The molecule has 0 unspecified atom stereocenters. The number of anilines is 2. The maximum atomic E-state index is 6.08. The molecule has 0 bridgehead atoms. The van der Waals surface area contributed by atoms with Gasteiger partial charge in [0.15, 0.2) is 10.6 Å². The van der Waals surface area contributed by atoms with Crippen LogP contribution in [0.25, 0.3) is 20.2 Å². The second-order valence-corrected chi connectivity index (χ2v) is 7.17. The van der Waals surface area contributed by atoms with Crippen LogP contribution in [0.1, 0.15) is 5.56 Å². The Labute approximate surface area is 152 Å². The SMILES string of the molecule is COc1ccccc1CNc1nc(N)c2nc(-c3cccs3)sc2n1. The number of aromatic nitrogens is 3. The monoisotopic (exact) mass is 369 g/mol. The molecule has 4 rings (SSSR count). The first-order valence-corrected chi connectivity index (χ1v) is 9.28. The van der Waals surface area contributed by atoms with Crippen LogP contribution in [-0.2, 0) is 6.54 Å². The van der Waals surface area contributed by atoms with Gasteiger partial charge in [0, 0.05) is 12.1 Å². The summed E-state index contributed by atoms with van der Waals surface area (Å²) in [5.74, 6) is 1.69. The number of thiophene rings is 1. The fourth-order valence-corrected chi connectivity index (χ4v) is 4.20. The van der Waals surface area contributed by atoms with Gasteiger partial charge in [0.25, 0.3) is 0 Å². The van der Waals surface area contributed by atoms with Crippen LogP contribution < -0.4 is 15.8 Å². The first-order chi connectivity index (χ1) is 12.2. The molecule has 1 aromatic carbocycles. The van der Waals surface area contributed by atoms with E-state index in [1.165, 1.54) is 11.3 Å². The molecule has 126 valence electrons. The Morgan fingerprint density at radius 3 is 2.80 bits per heavy atom. The van der Waals surface area contributed by atoms with Gasteiger partial charge in [-0.3, -0.25) is 0 Å². The molecule has 3 N–H and O–H groups in total.